The minimum atomic E-state index is -0.177. The zero-order chi connectivity index (χ0) is 18.4. The van der Waals surface area contributed by atoms with E-state index in [-0.39, 0.29) is 16.7 Å². The van der Waals surface area contributed by atoms with Crippen molar-refractivity contribution < 1.29 is 4.79 Å². The number of rotatable bonds is 6. The van der Waals surface area contributed by atoms with Crippen molar-refractivity contribution >= 4 is 29.0 Å². The molecule has 4 fully saturated rings. The lowest BCUT2D eigenvalue weighted by atomic mass is 9.53. The monoisotopic (exact) mass is 402 g/mol. The van der Waals surface area contributed by atoms with Crippen molar-refractivity contribution in [1.29, 1.82) is 0 Å². The molecule has 2 heterocycles. The lowest BCUT2D eigenvalue weighted by Crippen LogP contribution is -2.60. The van der Waals surface area contributed by atoms with Gasteiger partial charge in [0.05, 0.1) is 5.25 Å². The number of amides is 1. The molecule has 0 aromatic carbocycles. The van der Waals surface area contributed by atoms with E-state index in [4.69, 9.17) is 0 Å². The van der Waals surface area contributed by atoms with Gasteiger partial charge in [0.15, 0.2) is 0 Å². The van der Waals surface area contributed by atoms with E-state index in [2.05, 4.69) is 31.9 Å². The van der Waals surface area contributed by atoms with E-state index < -0.39 is 0 Å². The molecule has 0 aliphatic heterocycles. The zero-order valence-corrected chi connectivity index (χ0v) is 17.2. The molecule has 27 heavy (non-hydrogen) atoms. The molecule has 5 nitrogen and oxygen atoms in total. The number of aromatic nitrogens is 3. The summed E-state index contributed by atoms with van der Waals surface area (Å²) in [6, 6.07) is 4.14. The molecule has 4 aliphatic rings. The summed E-state index contributed by atoms with van der Waals surface area (Å²) in [5, 5.41) is 13.3. The van der Waals surface area contributed by atoms with Gasteiger partial charge in [-0.25, -0.2) is 4.98 Å². The SMILES string of the molecule is CC(Sc1n[nH]c(Cc2cccs2)n1)C(=O)NC12CC3CC(CC(C3)C1)C2. The quantitative estimate of drug-likeness (QED) is 0.716. The van der Waals surface area contributed by atoms with Gasteiger partial charge in [-0.3, -0.25) is 9.89 Å². The summed E-state index contributed by atoms with van der Waals surface area (Å²) in [6.45, 7) is 1.97. The maximum Gasteiger partial charge on any atom is 0.233 e. The molecule has 0 spiro atoms. The Hall–Kier alpha value is -1.34. The molecule has 6 rings (SSSR count). The van der Waals surface area contributed by atoms with Gasteiger partial charge >= 0.3 is 0 Å². The summed E-state index contributed by atoms with van der Waals surface area (Å²) in [4.78, 5) is 18.7. The predicted molar refractivity (Wildman–Crippen MR) is 108 cm³/mol. The third-order valence-corrected chi connectivity index (χ3v) is 8.35. The van der Waals surface area contributed by atoms with E-state index in [1.807, 2.05) is 13.0 Å². The number of thiophene rings is 1. The van der Waals surface area contributed by atoms with E-state index in [1.54, 1.807) is 11.3 Å². The predicted octanol–water partition coefficient (Wildman–Crippen LogP) is 4.02. The van der Waals surface area contributed by atoms with Gasteiger partial charge in [0.2, 0.25) is 11.1 Å². The van der Waals surface area contributed by atoms with Crippen molar-refractivity contribution in [2.24, 2.45) is 17.8 Å². The largest absolute Gasteiger partial charge is 0.350 e. The van der Waals surface area contributed by atoms with E-state index in [1.165, 1.54) is 55.2 Å². The Bertz CT molecular complexity index is 781. The van der Waals surface area contributed by atoms with Crippen molar-refractivity contribution in [3.8, 4) is 0 Å². The molecule has 4 bridgehead atoms. The number of carbonyl (C=O) groups excluding carboxylic acids is 1. The Kier molecular flexibility index (Phi) is 4.55. The van der Waals surface area contributed by atoms with Gasteiger partial charge < -0.3 is 5.32 Å². The number of aromatic amines is 1. The Balaban J connectivity index is 1.19. The van der Waals surface area contributed by atoms with E-state index in [0.29, 0.717) is 5.16 Å². The van der Waals surface area contributed by atoms with Gasteiger partial charge in [-0.05, 0) is 74.6 Å². The first-order valence-corrected chi connectivity index (χ1v) is 11.8. The highest BCUT2D eigenvalue weighted by molar-refractivity contribution is 8.00. The summed E-state index contributed by atoms with van der Waals surface area (Å²) in [5.74, 6) is 3.52. The van der Waals surface area contributed by atoms with Crippen LogP contribution in [0.2, 0.25) is 0 Å². The van der Waals surface area contributed by atoms with Crippen LogP contribution in [0.3, 0.4) is 0 Å². The van der Waals surface area contributed by atoms with Crippen LogP contribution in [0, 0.1) is 17.8 Å². The number of nitrogens with zero attached hydrogens (tertiary/aromatic N) is 2. The van der Waals surface area contributed by atoms with Gasteiger partial charge in [-0.15, -0.1) is 16.4 Å². The molecule has 4 aliphatic carbocycles. The average molecular weight is 403 g/mol. The van der Waals surface area contributed by atoms with Crippen LogP contribution >= 0.6 is 23.1 Å². The Morgan fingerprint density at radius 2 is 2.04 bits per heavy atom. The minimum absolute atomic E-state index is 0.0734. The Morgan fingerprint density at radius 1 is 1.33 bits per heavy atom. The average Bonchev–Trinajstić information content (AvgIpc) is 3.25. The lowest BCUT2D eigenvalue weighted by Gasteiger charge is -2.57. The number of thioether (sulfide) groups is 1. The molecule has 0 radical (unpaired) electrons. The van der Waals surface area contributed by atoms with Crippen molar-refractivity contribution in [1.82, 2.24) is 20.5 Å². The summed E-state index contributed by atoms with van der Waals surface area (Å²) in [6.07, 6.45) is 8.51. The molecule has 4 saturated carbocycles. The van der Waals surface area contributed by atoms with E-state index in [0.717, 1.165) is 30.0 Å². The minimum Gasteiger partial charge on any atom is -0.350 e. The van der Waals surface area contributed by atoms with E-state index in [9.17, 15) is 4.79 Å². The molecule has 1 amide bonds. The van der Waals surface area contributed by atoms with Gasteiger partial charge in [-0.2, -0.15) is 0 Å². The van der Waals surface area contributed by atoms with Crippen molar-refractivity contribution in [3.05, 3.63) is 28.2 Å². The highest BCUT2D eigenvalue weighted by Gasteiger charge is 2.51. The number of hydrogen-bond donors (Lipinski definition) is 2. The summed E-state index contributed by atoms with van der Waals surface area (Å²) < 4.78 is 0. The van der Waals surface area contributed by atoms with Gasteiger partial charge in [0.1, 0.15) is 5.82 Å². The van der Waals surface area contributed by atoms with Crippen LogP contribution in [0.4, 0.5) is 0 Å². The fraction of sp³-hybridized carbons (Fsp3) is 0.650. The maximum absolute atomic E-state index is 12.9. The third kappa shape index (κ3) is 3.68. The zero-order valence-electron chi connectivity index (χ0n) is 15.6. The Labute approximate surface area is 168 Å². The van der Waals surface area contributed by atoms with Crippen LogP contribution in [0.1, 0.15) is 56.2 Å². The van der Waals surface area contributed by atoms with Crippen LogP contribution in [-0.4, -0.2) is 31.9 Å². The molecular weight excluding hydrogens is 376 g/mol. The molecule has 2 aromatic rings. The molecular formula is C20H26N4OS2. The Morgan fingerprint density at radius 3 is 2.67 bits per heavy atom. The van der Waals surface area contributed by atoms with E-state index >= 15 is 0 Å². The van der Waals surface area contributed by atoms with Crippen LogP contribution < -0.4 is 5.32 Å². The first-order chi connectivity index (χ1) is 13.1. The third-order valence-electron chi connectivity index (χ3n) is 6.51. The maximum atomic E-state index is 12.9. The molecule has 2 aromatic heterocycles. The second kappa shape index (κ2) is 6.92. The van der Waals surface area contributed by atoms with Gasteiger partial charge in [0, 0.05) is 16.8 Å². The van der Waals surface area contributed by atoms with Crippen LogP contribution in [0.5, 0.6) is 0 Å². The summed E-state index contributed by atoms with van der Waals surface area (Å²) in [5.41, 5.74) is 0.0734. The topological polar surface area (TPSA) is 70.7 Å². The molecule has 144 valence electrons. The standard InChI is InChI=1S/C20H26N4OS2/c1-12(27-19-21-17(23-24-19)8-16-3-2-4-26-16)18(25)22-20-9-13-5-14(10-20)7-15(6-13)11-20/h2-4,12-15H,5-11H2,1H3,(H,22,25)(H,21,23,24). The van der Waals surface area contributed by atoms with Crippen molar-refractivity contribution in [3.63, 3.8) is 0 Å². The molecule has 7 heteroatoms. The molecule has 0 saturated heterocycles. The number of nitrogens with one attached hydrogen (secondary N) is 2. The lowest BCUT2D eigenvalue weighted by molar-refractivity contribution is -0.126. The molecule has 1 unspecified atom stereocenters. The summed E-state index contributed by atoms with van der Waals surface area (Å²) in [7, 11) is 0. The van der Waals surface area contributed by atoms with Crippen molar-refractivity contribution in [2.75, 3.05) is 0 Å². The van der Waals surface area contributed by atoms with Gasteiger partial charge in [0.25, 0.3) is 0 Å². The van der Waals surface area contributed by atoms with Crippen LogP contribution in [0.25, 0.3) is 0 Å². The second-order valence-corrected chi connectivity index (χ2v) is 11.1. The van der Waals surface area contributed by atoms with Crippen LogP contribution in [0.15, 0.2) is 22.7 Å². The fourth-order valence-corrected chi connectivity index (χ4v) is 7.28. The first-order valence-electron chi connectivity index (χ1n) is 9.99. The first kappa shape index (κ1) is 17.7. The van der Waals surface area contributed by atoms with Crippen molar-refractivity contribution in [2.45, 2.75) is 67.8 Å². The normalized spacial score (nSPS) is 32.6. The smallest absolute Gasteiger partial charge is 0.233 e. The van der Waals surface area contributed by atoms with Crippen LogP contribution in [-0.2, 0) is 11.2 Å². The molecule has 2 N–H and O–H groups in total. The highest BCUT2D eigenvalue weighted by Crippen LogP contribution is 2.55. The highest BCUT2D eigenvalue weighted by atomic mass is 32.2. The number of H-pyrrole nitrogens is 1. The second-order valence-electron chi connectivity index (χ2n) is 8.77. The number of hydrogen-bond acceptors (Lipinski definition) is 5. The molecule has 1 atom stereocenters. The van der Waals surface area contributed by atoms with Gasteiger partial charge in [-0.1, -0.05) is 17.8 Å². The fourth-order valence-electron chi connectivity index (χ4n) is 5.83. The number of carbonyl (C=O) groups is 1. The summed E-state index contributed by atoms with van der Waals surface area (Å²) >= 11 is 3.17.